The van der Waals surface area contributed by atoms with Crippen LogP contribution in [0.3, 0.4) is 0 Å². The van der Waals surface area contributed by atoms with E-state index >= 15 is 0 Å². The number of para-hydroxylation sites is 2. The first-order valence-corrected chi connectivity index (χ1v) is 8.48. The molecule has 0 N–H and O–H groups in total. The fourth-order valence-electron chi connectivity index (χ4n) is 2.31. The van der Waals surface area contributed by atoms with E-state index < -0.39 is 0 Å². The molecule has 0 saturated carbocycles. The molecule has 0 heterocycles. The lowest BCUT2D eigenvalue weighted by Gasteiger charge is -2.11. The van der Waals surface area contributed by atoms with Crippen LogP contribution in [-0.4, -0.2) is 5.90 Å². The molecule has 0 aliphatic heterocycles. The van der Waals surface area contributed by atoms with E-state index in [2.05, 4.69) is 4.99 Å². The normalized spacial score (nSPS) is 11.9. The Kier molecular flexibility index (Phi) is 5.84. The van der Waals surface area contributed by atoms with Crippen molar-refractivity contribution in [2.45, 2.75) is 13.8 Å². The monoisotopic (exact) mass is 343 g/mol. The minimum atomic E-state index is 0.498. The Morgan fingerprint density at radius 2 is 1.46 bits per heavy atom. The van der Waals surface area contributed by atoms with Crippen LogP contribution in [0.5, 0.6) is 11.5 Å². The minimum absolute atomic E-state index is 0.498. The summed E-state index contributed by atoms with van der Waals surface area (Å²) < 4.78 is 11.8. The molecule has 3 heteroatoms. The van der Waals surface area contributed by atoms with Crippen molar-refractivity contribution in [1.82, 2.24) is 0 Å². The van der Waals surface area contributed by atoms with E-state index in [4.69, 9.17) is 9.47 Å². The highest BCUT2D eigenvalue weighted by molar-refractivity contribution is 5.96. The maximum Gasteiger partial charge on any atom is 0.225 e. The second-order valence-electron chi connectivity index (χ2n) is 5.90. The van der Waals surface area contributed by atoms with Gasteiger partial charge < -0.3 is 9.47 Å². The SMILES string of the molecule is CC(=COc1ccccc1)C(=Nc1ccccc1)Oc1cccc(C)c1. The summed E-state index contributed by atoms with van der Waals surface area (Å²) in [6, 6.07) is 27.2. The molecule has 3 nitrogen and oxygen atoms in total. The fraction of sp³-hybridized carbons (Fsp3) is 0.0870. The van der Waals surface area contributed by atoms with Gasteiger partial charge in [0.05, 0.1) is 11.9 Å². The van der Waals surface area contributed by atoms with Gasteiger partial charge >= 0.3 is 0 Å². The summed E-state index contributed by atoms with van der Waals surface area (Å²) in [6.45, 7) is 3.95. The van der Waals surface area contributed by atoms with Crippen LogP contribution in [0.25, 0.3) is 0 Å². The predicted octanol–water partition coefficient (Wildman–Crippen LogP) is 6.09. The van der Waals surface area contributed by atoms with E-state index in [9.17, 15) is 0 Å². The smallest absolute Gasteiger partial charge is 0.225 e. The van der Waals surface area contributed by atoms with E-state index in [-0.39, 0.29) is 0 Å². The third-order valence-electron chi connectivity index (χ3n) is 3.64. The van der Waals surface area contributed by atoms with Crippen molar-refractivity contribution in [3.05, 3.63) is 102 Å². The Bertz CT molecular complexity index is 900. The van der Waals surface area contributed by atoms with E-state index in [0.29, 0.717) is 5.90 Å². The van der Waals surface area contributed by atoms with Crippen molar-refractivity contribution in [3.8, 4) is 11.5 Å². The van der Waals surface area contributed by atoms with Crippen molar-refractivity contribution < 1.29 is 9.47 Å². The molecule has 0 bridgehead atoms. The van der Waals surface area contributed by atoms with Gasteiger partial charge in [0.15, 0.2) is 0 Å². The molecule has 130 valence electrons. The summed E-state index contributed by atoms with van der Waals surface area (Å²) in [5.41, 5.74) is 2.74. The van der Waals surface area contributed by atoms with Crippen LogP contribution >= 0.6 is 0 Å². The van der Waals surface area contributed by atoms with Gasteiger partial charge in [0.25, 0.3) is 0 Å². The van der Waals surface area contributed by atoms with E-state index in [1.54, 1.807) is 6.26 Å². The van der Waals surface area contributed by atoms with Gasteiger partial charge in [0.2, 0.25) is 5.90 Å². The first kappa shape index (κ1) is 17.5. The molecule has 3 aromatic rings. The van der Waals surface area contributed by atoms with Crippen molar-refractivity contribution in [1.29, 1.82) is 0 Å². The van der Waals surface area contributed by atoms with Crippen LogP contribution in [0.4, 0.5) is 5.69 Å². The number of hydrogen-bond donors (Lipinski definition) is 0. The van der Waals surface area contributed by atoms with Crippen LogP contribution in [0, 0.1) is 6.92 Å². The fourth-order valence-corrected chi connectivity index (χ4v) is 2.31. The molecule has 26 heavy (non-hydrogen) atoms. The summed E-state index contributed by atoms with van der Waals surface area (Å²) in [7, 11) is 0. The number of rotatable bonds is 5. The topological polar surface area (TPSA) is 30.8 Å². The summed E-state index contributed by atoms with van der Waals surface area (Å²) in [6.07, 6.45) is 1.66. The third kappa shape index (κ3) is 5.08. The van der Waals surface area contributed by atoms with Crippen molar-refractivity contribution in [3.63, 3.8) is 0 Å². The number of aryl methyl sites for hydroxylation is 1. The highest BCUT2D eigenvalue weighted by atomic mass is 16.5. The first-order chi connectivity index (χ1) is 12.7. The van der Waals surface area contributed by atoms with Gasteiger partial charge in [0, 0.05) is 5.57 Å². The molecule has 0 amide bonds. The van der Waals surface area contributed by atoms with Gasteiger partial charge in [0.1, 0.15) is 11.5 Å². The Hall–Kier alpha value is -3.33. The summed E-state index contributed by atoms with van der Waals surface area (Å²) >= 11 is 0. The Balaban J connectivity index is 1.88. The Morgan fingerprint density at radius 3 is 2.15 bits per heavy atom. The van der Waals surface area contributed by atoms with Gasteiger partial charge in [-0.25, -0.2) is 4.99 Å². The standard InChI is InChI=1S/C23H21NO2/c1-18-10-9-15-22(16-18)26-23(24-20-11-5-3-6-12-20)19(2)17-25-21-13-7-4-8-14-21/h3-17H,1-2H3. The molecule has 0 saturated heterocycles. The van der Waals surface area contributed by atoms with E-state index in [0.717, 1.165) is 28.3 Å². The second kappa shape index (κ2) is 8.67. The number of aliphatic imine (C=N–C) groups is 1. The molecule has 3 aromatic carbocycles. The average molecular weight is 343 g/mol. The molecule has 0 unspecified atom stereocenters. The molecule has 0 atom stereocenters. The molecule has 0 radical (unpaired) electrons. The van der Waals surface area contributed by atoms with Gasteiger partial charge in [-0.3, -0.25) is 0 Å². The average Bonchev–Trinajstić information content (AvgIpc) is 2.67. The van der Waals surface area contributed by atoms with Crippen molar-refractivity contribution >= 4 is 11.6 Å². The van der Waals surface area contributed by atoms with Crippen molar-refractivity contribution in [2.75, 3.05) is 0 Å². The number of ether oxygens (including phenoxy) is 2. The van der Waals surface area contributed by atoms with Gasteiger partial charge in [-0.2, -0.15) is 0 Å². The van der Waals surface area contributed by atoms with E-state index in [1.165, 1.54) is 0 Å². The van der Waals surface area contributed by atoms with Gasteiger partial charge in [-0.1, -0.05) is 48.5 Å². The number of nitrogens with zero attached hydrogens (tertiary/aromatic N) is 1. The molecule has 0 aliphatic carbocycles. The summed E-state index contributed by atoms with van der Waals surface area (Å²) in [5.74, 6) is 2.01. The number of hydrogen-bond acceptors (Lipinski definition) is 3. The maximum absolute atomic E-state index is 6.05. The molecule has 0 aliphatic rings. The van der Waals surface area contributed by atoms with Crippen LogP contribution in [0.1, 0.15) is 12.5 Å². The van der Waals surface area contributed by atoms with Crippen LogP contribution in [-0.2, 0) is 0 Å². The third-order valence-corrected chi connectivity index (χ3v) is 3.64. The molecule has 0 spiro atoms. The van der Waals surface area contributed by atoms with Crippen molar-refractivity contribution in [2.24, 2.45) is 4.99 Å². The molecule has 0 aromatic heterocycles. The molecule has 3 rings (SSSR count). The zero-order chi connectivity index (χ0) is 18.2. The summed E-state index contributed by atoms with van der Waals surface area (Å²) in [5, 5.41) is 0. The van der Waals surface area contributed by atoms with E-state index in [1.807, 2.05) is 98.8 Å². The summed E-state index contributed by atoms with van der Waals surface area (Å²) in [4.78, 5) is 4.64. The highest BCUT2D eigenvalue weighted by Gasteiger charge is 2.08. The lowest BCUT2D eigenvalue weighted by Crippen LogP contribution is -2.11. The predicted molar refractivity (Wildman–Crippen MR) is 106 cm³/mol. The lowest BCUT2D eigenvalue weighted by molar-refractivity contribution is 0.473. The van der Waals surface area contributed by atoms with Crippen LogP contribution in [0.15, 0.2) is 102 Å². The Labute approximate surface area is 154 Å². The molecular weight excluding hydrogens is 322 g/mol. The zero-order valence-corrected chi connectivity index (χ0v) is 14.9. The lowest BCUT2D eigenvalue weighted by atomic mass is 10.2. The zero-order valence-electron chi connectivity index (χ0n) is 14.9. The van der Waals surface area contributed by atoms with Gasteiger partial charge in [-0.05, 0) is 55.8 Å². The number of benzene rings is 3. The molecular formula is C23H21NO2. The quantitative estimate of drug-likeness (QED) is 0.319. The highest BCUT2D eigenvalue weighted by Crippen LogP contribution is 2.19. The van der Waals surface area contributed by atoms with Crippen LogP contribution in [0.2, 0.25) is 0 Å². The van der Waals surface area contributed by atoms with Crippen LogP contribution < -0.4 is 9.47 Å². The Morgan fingerprint density at radius 1 is 0.808 bits per heavy atom. The maximum atomic E-state index is 6.05. The van der Waals surface area contributed by atoms with Gasteiger partial charge in [-0.15, -0.1) is 0 Å². The minimum Gasteiger partial charge on any atom is -0.465 e. The molecule has 0 fully saturated rings. The second-order valence-corrected chi connectivity index (χ2v) is 5.90. The first-order valence-electron chi connectivity index (χ1n) is 8.48. The largest absolute Gasteiger partial charge is 0.465 e.